The molecule has 0 spiro atoms. The third-order valence-electron chi connectivity index (χ3n) is 1.11. The van der Waals surface area contributed by atoms with E-state index in [9.17, 15) is 0 Å². The second-order valence-corrected chi connectivity index (χ2v) is 2.06. The standard InChI is InChI=1S/C8H15N3O/c1-4-5-6-10-7-11(9-2)8-12-3/h4-6H,2,7-8H2,1,3H3/b5-4-,10-6-. The highest BCUT2D eigenvalue weighted by Crippen LogP contribution is 1.87. The number of hydrogen-bond acceptors (Lipinski definition) is 4. The minimum absolute atomic E-state index is 0.413. The van der Waals surface area contributed by atoms with Crippen LogP contribution in [0.1, 0.15) is 6.92 Å². The number of ether oxygens (including phenoxy) is 1. The third kappa shape index (κ3) is 5.61. The van der Waals surface area contributed by atoms with Gasteiger partial charge in [-0.1, -0.05) is 6.08 Å². The van der Waals surface area contributed by atoms with Gasteiger partial charge in [-0.3, -0.25) is 10.0 Å². The summed E-state index contributed by atoms with van der Waals surface area (Å²) in [5.41, 5.74) is 0. The number of nitrogens with zero attached hydrogens (tertiary/aromatic N) is 3. The van der Waals surface area contributed by atoms with E-state index in [1.165, 1.54) is 0 Å². The molecule has 0 aromatic heterocycles. The van der Waals surface area contributed by atoms with Gasteiger partial charge < -0.3 is 4.74 Å². The second-order valence-electron chi connectivity index (χ2n) is 2.06. The minimum Gasteiger partial charge on any atom is -0.363 e. The van der Waals surface area contributed by atoms with Crippen LogP contribution in [0.5, 0.6) is 0 Å². The Morgan fingerprint density at radius 3 is 2.83 bits per heavy atom. The van der Waals surface area contributed by atoms with Crippen molar-refractivity contribution in [3.8, 4) is 0 Å². The summed E-state index contributed by atoms with van der Waals surface area (Å²) in [7, 11) is 1.60. The Morgan fingerprint density at radius 2 is 2.33 bits per heavy atom. The van der Waals surface area contributed by atoms with Crippen molar-refractivity contribution in [1.82, 2.24) is 5.01 Å². The summed E-state index contributed by atoms with van der Waals surface area (Å²) in [6.07, 6.45) is 5.48. The van der Waals surface area contributed by atoms with Crippen LogP contribution in [0.15, 0.2) is 22.2 Å². The number of hydrazone groups is 1. The van der Waals surface area contributed by atoms with E-state index in [1.54, 1.807) is 18.3 Å². The number of hydrogen-bond donors (Lipinski definition) is 0. The second kappa shape index (κ2) is 7.94. The molecule has 0 aromatic carbocycles. The molecule has 0 bridgehead atoms. The third-order valence-corrected chi connectivity index (χ3v) is 1.11. The van der Waals surface area contributed by atoms with E-state index in [4.69, 9.17) is 4.74 Å². The van der Waals surface area contributed by atoms with Crippen LogP contribution < -0.4 is 0 Å². The van der Waals surface area contributed by atoms with Crippen molar-refractivity contribution in [2.24, 2.45) is 10.1 Å². The molecule has 0 atom stereocenters. The topological polar surface area (TPSA) is 37.2 Å². The Hall–Kier alpha value is -1.16. The van der Waals surface area contributed by atoms with Gasteiger partial charge in [-0.25, -0.2) is 0 Å². The van der Waals surface area contributed by atoms with Crippen molar-refractivity contribution in [3.63, 3.8) is 0 Å². The lowest BCUT2D eigenvalue weighted by atomic mass is 10.6. The van der Waals surface area contributed by atoms with Crippen LogP contribution in [-0.2, 0) is 4.74 Å². The molecule has 4 heteroatoms. The van der Waals surface area contributed by atoms with Crippen LogP contribution in [0, 0.1) is 0 Å². The Labute approximate surface area is 73.2 Å². The summed E-state index contributed by atoms with van der Waals surface area (Å²) < 4.78 is 4.85. The molecule has 0 aliphatic carbocycles. The van der Waals surface area contributed by atoms with Crippen molar-refractivity contribution < 1.29 is 4.74 Å². The van der Waals surface area contributed by atoms with Crippen LogP contribution in [0.25, 0.3) is 0 Å². The van der Waals surface area contributed by atoms with E-state index >= 15 is 0 Å². The van der Waals surface area contributed by atoms with Gasteiger partial charge in [-0.05, 0) is 13.0 Å². The zero-order chi connectivity index (χ0) is 9.23. The zero-order valence-corrected chi connectivity index (χ0v) is 7.60. The summed E-state index contributed by atoms with van der Waals surface area (Å²) in [5.74, 6) is 0. The zero-order valence-electron chi connectivity index (χ0n) is 7.60. The normalized spacial score (nSPS) is 11.2. The number of rotatable bonds is 6. The molecule has 0 saturated carbocycles. The highest BCUT2D eigenvalue weighted by atomic mass is 16.5. The maximum absolute atomic E-state index is 4.85. The van der Waals surface area contributed by atoms with Crippen LogP contribution in [-0.4, -0.2) is 38.5 Å². The predicted molar refractivity (Wildman–Crippen MR) is 51.4 cm³/mol. The molecule has 4 nitrogen and oxygen atoms in total. The average molecular weight is 169 g/mol. The lowest BCUT2D eigenvalue weighted by molar-refractivity contribution is 0.0687. The summed E-state index contributed by atoms with van der Waals surface area (Å²) in [5, 5.41) is 5.31. The summed E-state index contributed by atoms with van der Waals surface area (Å²) in [6, 6.07) is 0. The van der Waals surface area contributed by atoms with Crippen molar-refractivity contribution in [2.45, 2.75) is 6.92 Å². The number of allylic oxidation sites excluding steroid dienone is 2. The molecule has 0 aliphatic rings. The van der Waals surface area contributed by atoms with Crippen LogP contribution in [0.4, 0.5) is 0 Å². The maximum Gasteiger partial charge on any atom is 0.136 e. The predicted octanol–water partition coefficient (Wildman–Crippen LogP) is 1.11. The van der Waals surface area contributed by atoms with Crippen molar-refractivity contribution in [3.05, 3.63) is 12.2 Å². The molecule has 0 rings (SSSR count). The summed E-state index contributed by atoms with van der Waals surface area (Å²) >= 11 is 0. The maximum atomic E-state index is 4.85. The lowest BCUT2D eigenvalue weighted by Crippen LogP contribution is -2.19. The molecule has 12 heavy (non-hydrogen) atoms. The first-order chi connectivity index (χ1) is 5.85. The highest BCUT2D eigenvalue weighted by molar-refractivity contribution is 5.70. The Bertz CT molecular complexity index is 166. The van der Waals surface area contributed by atoms with Crippen molar-refractivity contribution >= 4 is 12.9 Å². The van der Waals surface area contributed by atoms with Crippen LogP contribution in [0.3, 0.4) is 0 Å². The Kier molecular flexibility index (Phi) is 7.17. The molecule has 0 saturated heterocycles. The molecule has 68 valence electrons. The molecule has 0 radical (unpaired) electrons. The Balaban J connectivity index is 3.63. The fraction of sp³-hybridized carbons (Fsp3) is 0.500. The summed E-state index contributed by atoms with van der Waals surface area (Å²) in [4.78, 5) is 4.05. The van der Waals surface area contributed by atoms with Gasteiger partial charge in [0.05, 0.1) is 0 Å². The van der Waals surface area contributed by atoms with Gasteiger partial charge in [-0.2, -0.15) is 5.10 Å². The van der Waals surface area contributed by atoms with Gasteiger partial charge in [0.15, 0.2) is 0 Å². The molecule has 0 aliphatic heterocycles. The largest absolute Gasteiger partial charge is 0.363 e. The molecular formula is C8H15N3O. The van der Waals surface area contributed by atoms with Crippen molar-refractivity contribution in [1.29, 1.82) is 0 Å². The van der Waals surface area contributed by atoms with Gasteiger partial charge in [0.25, 0.3) is 0 Å². The van der Waals surface area contributed by atoms with E-state index in [2.05, 4.69) is 16.8 Å². The summed E-state index contributed by atoms with van der Waals surface area (Å²) in [6.45, 7) is 6.21. The van der Waals surface area contributed by atoms with E-state index in [1.807, 2.05) is 19.1 Å². The van der Waals surface area contributed by atoms with E-state index in [0.717, 1.165) is 0 Å². The average Bonchev–Trinajstić information content (AvgIpc) is 2.10. The first-order valence-corrected chi connectivity index (χ1v) is 3.66. The smallest absolute Gasteiger partial charge is 0.136 e. The highest BCUT2D eigenvalue weighted by Gasteiger charge is 1.93. The van der Waals surface area contributed by atoms with E-state index in [0.29, 0.717) is 13.4 Å². The SMILES string of the molecule is C=NN(C/N=C\C=C/C)COC. The molecule has 0 heterocycles. The quantitative estimate of drug-likeness (QED) is 0.339. The van der Waals surface area contributed by atoms with Crippen LogP contribution >= 0.6 is 0 Å². The minimum atomic E-state index is 0.413. The lowest BCUT2D eigenvalue weighted by Gasteiger charge is -2.13. The van der Waals surface area contributed by atoms with Crippen LogP contribution in [0.2, 0.25) is 0 Å². The first kappa shape index (κ1) is 10.8. The van der Waals surface area contributed by atoms with Gasteiger partial charge >= 0.3 is 0 Å². The van der Waals surface area contributed by atoms with E-state index in [-0.39, 0.29) is 0 Å². The molecular weight excluding hydrogens is 154 g/mol. The van der Waals surface area contributed by atoms with Gasteiger partial charge in [0, 0.05) is 20.0 Å². The molecule has 0 N–H and O–H groups in total. The molecule has 0 amide bonds. The molecule has 0 unspecified atom stereocenters. The van der Waals surface area contributed by atoms with E-state index < -0.39 is 0 Å². The van der Waals surface area contributed by atoms with Gasteiger partial charge in [0.2, 0.25) is 0 Å². The number of methoxy groups -OCH3 is 1. The van der Waals surface area contributed by atoms with Crippen molar-refractivity contribution in [2.75, 3.05) is 20.5 Å². The number of aliphatic imine (C=N–C) groups is 1. The molecule has 0 fully saturated rings. The Morgan fingerprint density at radius 1 is 1.58 bits per heavy atom. The fourth-order valence-electron chi connectivity index (χ4n) is 0.564. The molecule has 0 aromatic rings. The van der Waals surface area contributed by atoms with Gasteiger partial charge in [-0.15, -0.1) is 0 Å². The fourth-order valence-corrected chi connectivity index (χ4v) is 0.564. The first-order valence-electron chi connectivity index (χ1n) is 3.66. The van der Waals surface area contributed by atoms with Gasteiger partial charge in [0.1, 0.15) is 13.4 Å². The monoisotopic (exact) mass is 169 g/mol.